The molecule has 0 saturated carbocycles. The van der Waals surface area contributed by atoms with Crippen LogP contribution >= 0.6 is 0 Å². The Morgan fingerprint density at radius 1 is 1.10 bits per heavy atom. The van der Waals surface area contributed by atoms with E-state index in [9.17, 15) is 9.18 Å². The average molecular weight is 393 g/mol. The summed E-state index contributed by atoms with van der Waals surface area (Å²) < 4.78 is 14.9. The number of benzene rings is 2. The number of amides is 1. The molecule has 1 saturated heterocycles. The molecule has 1 aliphatic rings. The first kappa shape index (κ1) is 19.2. The van der Waals surface area contributed by atoms with Crippen molar-refractivity contribution in [2.75, 3.05) is 13.1 Å². The molecule has 2 aromatic carbocycles. The fourth-order valence-electron chi connectivity index (χ4n) is 4.02. The highest BCUT2D eigenvalue weighted by Gasteiger charge is 2.31. The van der Waals surface area contributed by atoms with Gasteiger partial charge in [-0.25, -0.2) is 9.07 Å². The number of hydrogen-bond acceptors (Lipinski definition) is 4. The van der Waals surface area contributed by atoms with Gasteiger partial charge in [-0.15, -0.1) is 5.10 Å². The molecule has 6 nitrogen and oxygen atoms in total. The summed E-state index contributed by atoms with van der Waals surface area (Å²) in [6, 6.07) is 16.2. The molecule has 0 unspecified atom stereocenters. The lowest BCUT2D eigenvalue weighted by atomic mass is 9.89. The maximum Gasteiger partial charge on any atom is 0.247 e. The molecule has 0 radical (unpaired) electrons. The van der Waals surface area contributed by atoms with Crippen LogP contribution in [0.2, 0.25) is 0 Å². The second-order valence-electron chi connectivity index (χ2n) is 7.53. The van der Waals surface area contributed by atoms with Gasteiger partial charge < -0.3 is 4.90 Å². The van der Waals surface area contributed by atoms with E-state index < -0.39 is 6.04 Å². The molecule has 1 aromatic heterocycles. The summed E-state index contributed by atoms with van der Waals surface area (Å²) in [6.07, 6.45) is 2.30. The number of nitrogens with zero attached hydrogens (tertiary/aromatic N) is 5. The van der Waals surface area contributed by atoms with Crippen LogP contribution < -0.4 is 0 Å². The number of likely N-dealkylation sites (tertiary alicyclic amines) is 1. The first-order valence-corrected chi connectivity index (χ1v) is 9.94. The van der Waals surface area contributed by atoms with Gasteiger partial charge in [-0.2, -0.15) is 0 Å². The molecule has 3 aromatic rings. The lowest BCUT2D eigenvalue weighted by molar-refractivity contribution is -0.136. The number of hydrogen-bond donors (Lipinski definition) is 0. The molecule has 4 rings (SSSR count). The smallest absolute Gasteiger partial charge is 0.247 e. The number of tetrazole rings is 1. The normalized spacial score (nSPS) is 16.0. The van der Waals surface area contributed by atoms with Crippen molar-refractivity contribution in [2.24, 2.45) is 0 Å². The van der Waals surface area contributed by atoms with Crippen molar-refractivity contribution in [1.29, 1.82) is 0 Å². The minimum atomic E-state index is -0.538. The first-order chi connectivity index (χ1) is 14.1. The number of piperidine rings is 1. The number of rotatable bonds is 5. The van der Waals surface area contributed by atoms with Crippen LogP contribution in [-0.4, -0.2) is 44.1 Å². The fourth-order valence-corrected chi connectivity index (χ4v) is 4.02. The second-order valence-corrected chi connectivity index (χ2v) is 7.53. The highest BCUT2D eigenvalue weighted by molar-refractivity contribution is 5.81. The van der Waals surface area contributed by atoms with Crippen LogP contribution in [0.1, 0.15) is 41.8 Å². The number of halogens is 1. The Hall–Kier alpha value is -3.09. The third kappa shape index (κ3) is 4.34. The molecule has 7 heteroatoms. The predicted octanol–water partition coefficient (Wildman–Crippen LogP) is 3.31. The Kier molecular flexibility index (Phi) is 5.64. The predicted molar refractivity (Wildman–Crippen MR) is 107 cm³/mol. The van der Waals surface area contributed by atoms with Gasteiger partial charge in [-0.3, -0.25) is 4.79 Å². The monoisotopic (exact) mass is 393 g/mol. The molecular weight excluding hydrogens is 369 g/mol. The highest BCUT2D eigenvalue weighted by atomic mass is 19.1. The van der Waals surface area contributed by atoms with Crippen LogP contribution in [-0.2, 0) is 11.2 Å². The summed E-state index contributed by atoms with van der Waals surface area (Å²) >= 11 is 0. The molecule has 0 spiro atoms. The largest absolute Gasteiger partial charge is 0.341 e. The van der Waals surface area contributed by atoms with Gasteiger partial charge in [0, 0.05) is 19.5 Å². The maximum atomic E-state index is 13.4. The van der Waals surface area contributed by atoms with Crippen LogP contribution in [0.3, 0.4) is 0 Å². The molecule has 1 atom stereocenters. The van der Waals surface area contributed by atoms with Crippen molar-refractivity contribution in [3.63, 3.8) is 0 Å². The van der Waals surface area contributed by atoms with Crippen molar-refractivity contribution in [3.05, 3.63) is 77.4 Å². The Morgan fingerprint density at radius 2 is 1.79 bits per heavy atom. The van der Waals surface area contributed by atoms with E-state index in [0.29, 0.717) is 31.3 Å². The Labute approximate surface area is 169 Å². The van der Waals surface area contributed by atoms with E-state index in [-0.39, 0.29) is 11.7 Å². The molecule has 1 aliphatic heterocycles. The average Bonchev–Trinajstić information content (AvgIpc) is 3.19. The van der Waals surface area contributed by atoms with E-state index in [0.717, 1.165) is 18.4 Å². The Morgan fingerprint density at radius 3 is 2.41 bits per heavy atom. The van der Waals surface area contributed by atoms with Gasteiger partial charge in [0.2, 0.25) is 5.91 Å². The molecular formula is C22H24FN5O. The lowest BCUT2D eigenvalue weighted by Crippen LogP contribution is -2.43. The number of carbonyl (C=O) groups is 1. The van der Waals surface area contributed by atoms with Gasteiger partial charge in [-0.05, 0) is 59.4 Å². The van der Waals surface area contributed by atoms with Gasteiger partial charge >= 0.3 is 0 Å². The van der Waals surface area contributed by atoms with E-state index in [1.165, 1.54) is 17.7 Å². The number of carbonyl (C=O) groups excluding carboxylic acids is 1. The van der Waals surface area contributed by atoms with E-state index >= 15 is 0 Å². The summed E-state index contributed by atoms with van der Waals surface area (Å²) in [5.41, 5.74) is 2.21. The number of aromatic nitrogens is 4. The molecule has 150 valence electrons. The standard InChI is InChI=1S/C22H24FN5O/c1-16-24-25-26-28(16)21(15-17-7-9-20(23)10-8-17)22(29)27-13-11-19(12-14-27)18-5-3-2-4-6-18/h2-10,19,21H,11-15H2,1H3/t21-/m0/s1. The zero-order valence-electron chi connectivity index (χ0n) is 16.4. The van der Waals surface area contributed by atoms with Gasteiger partial charge in [0.15, 0.2) is 0 Å². The highest BCUT2D eigenvalue weighted by Crippen LogP contribution is 2.29. The van der Waals surface area contributed by atoms with Crippen molar-refractivity contribution in [1.82, 2.24) is 25.1 Å². The molecule has 29 heavy (non-hydrogen) atoms. The molecule has 0 aliphatic carbocycles. The van der Waals surface area contributed by atoms with Gasteiger partial charge in [0.1, 0.15) is 17.7 Å². The van der Waals surface area contributed by atoms with Crippen LogP contribution in [0.5, 0.6) is 0 Å². The van der Waals surface area contributed by atoms with Gasteiger partial charge in [0.05, 0.1) is 0 Å². The van der Waals surface area contributed by atoms with Crippen molar-refractivity contribution in [3.8, 4) is 0 Å². The van der Waals surface area contributed by atoms with E-state index in [1.54, 1.807) is 23.7 Å². The summed E-state index contributed by atoms with van der Waals surface area (Å²) in [6.45, 7) is 3.20. The van der Waals surface area contributed by atoms with Crippen molar-refractivity contribution < 1.29 is 9.18 Å². The van der Waals surface area contributed by atoms with E-state index in [1.807, 2.05) is 11.0 Å². The van der Waals surface area contributed by atoms with Crippen LogP contribution in [0.4, 0.5) is 4.39 Å². The van der Waals surface area contributed by atoms with E-state index in [2.05, 4.69) is 39.8 Å². The molecule has 2 heterocycles. The summed E-state index contributed by atoms with van der Waals surface area (Å²) in [5, 5.41) is 11.7. The van der Waals surface area contributed by atoms with Crippen LogP contribution in [0.25, 0.3) is 0 Å². The molecule has 1 amide bonds. The van der Waals surface area contributed by atoms with Crippen LogP contribution in [0.15, 0.2) is 54.6 Å². The minimum Gasteiger partial charge on any atom is -0.341 e. The van der Waals surface area contributed by atoms with Gasteiger partial charge in [-0.1, -0.05) is 42.5 Å². The number of aryl methyl sites for hydroxylation is 1. The molecule has 0 N–H and O–H groups in total. The zero-order chi connectivity index (χ0) is 20.2. The lowest BCUT2D eigenvalue weighted by Gasteiger charge is -2.34. The third-order valence-corrected chi connectivity index (χ3v) is 5.66. The topological polar surface area (TPSA) is 63.9 Å². The fraction of sp³-hybridized carbons (Fsp3) is 0.364. The minimum absolute atomic E-state index is 0.0104. The summed E-state index contributed by atoms with van der Waals surface area (Å²) in [4.78, 5) is 15.3. The summed E-state index contributed by atoms with van der Waals surface area (Å²) in [7, 11) is 0. The molecule has 1 fully saturated rings. The first-order valence-electron chi connectivity index (χ1n) is 9.94. The second kappa shape index (κ2) is 8.51. The maximum absolute atomic E-state index is 13.4. The Balaban J connectivity index is 1.50. The summed E-state index contributed by atoms with van der Waals surface area (Å²) in [5.74, 6) is 0.782. The zero-order valence-corrected chi connectivity index (χ0v) is 16.4. The Bertz CT molecular complexity index is 949. The van der Waals surface area contributed by atoms with E-state index in [4.69, 9.17) is 0 Å². The SMILES string of the molecule is Cc1nnnn1[C@@H](Cc1ccc(F)cc1)C(=O)N1CCC(c2ccccc2)CC1. The third-order valence-electron chi connectivity index (χ3n) is 5.66. The van der Waals surface area contributed by atoms with Gasteiger partial charge in [0.25, 0.3) is 0 Å². The quantitative estimate of drug-likeness (QED) is 0.667. The van der Waals surface area contributed by atoms with Crippen molar-refractivity contribution in [2.45, 2.75) is 38.1 Å². The van der Waals surface area contributed by atoms with Crippen LogP contribution in [0, 0.1) is 12.7 Å². The molecule has 0 bridgehead atoms. The van der Waals surface area contributed by atoms with Crippen molar-refractivity contribution >= 4 is 5.91 Å².